The van der Waals surface area contributed by atoms with Crippen LogP contribution in [0.15, 0.2) is 54.6 Å². The number of allylic oxidation sites excluding steroid dienone is 1. The van der Waals surface area contributed by atoms with E-state index < -0.39 is 11.6 Å². The number of hydrogen-bond donors (Lipinski definition) is 0. The molecule has 0 heterocycles. The Morgan fingerprint density at radius 2 is 1.78 bits per heavy atom. The molecule has 0 amide bonds. The van der Waals surface area contributed by atoms with Crippen molar-refractivity contribution >= 4 is 34.4 Å². The van der Waals surface area contributed by atoms with Crippen LogP contribution in [0.5, 0.6) is 0 Å². The molecule has 0 aliphatic heterocycles. The number of carbonyl (C=O) groups is 3. The SMILES string of the molecule is C=C(C)C(=O)OCCN(C)C.O=C1C=Cc2c(ccc3ccccc23)C1=O. The number of ketones is 2. The molecule has 2 aromatic carbocycles. The molecule has 0 fully saturated rings. The topological polar surface area (TPSA) is 63.7 Å². The Kier molecular flexibility index (Phi) is 6.79. The Morgan fingerprint density at radius 1 is 1.07 bits per heavy atom. The monoisotopic (exact) mass is 365 g/mol. The van der Waals surface area contributed by atoms with Gasteiger partial charge in [-0.15, -0.1) is 0 Å². The van der Waals surface area contributed by atoms with Gasteiger partial charge in [0.2, 0.25) is 11.6 Å². The van der Waals surface area contributed by atoms with Crippen LogP contribution in [-0.2, 0) is 14.3 Å². The Bertz CT molecular complexity index is 925. The van der Waals surface area contributed by atoms with E-state index in [1.54, 1.807) is 19.1 Å². The van der Waals surface area contributed by atoms with Crippen molar-refractivity contribution in [1.29, 1.82) is 0 Å². The molecule has 140 valence electrons. The molecule has 0 aromatic heterocycles. The summed E-state index contributed by atoms with van der Waals surface area (Å²) in [5.41, 5.74) is 1.80. The third-order valence-electron chi connectivity index (χ3n) is 3.96. The molecule has 0 saturated heterocycles. The van der Waals surface area contributed by atoms with Crippen LogP contribution in [-0.4, -0.2) is 49.7 Å². The van der Waals surface area contributed by atoms with Gasteiger partial charge in [-0.3, -0.25) is 9.59 Å². The molecule has 1 aliphatic rings. The molecule has 1 aliphatic carbocycles. The first-order chi connectivity index (χ1) is 12.8. The number of ether oxygens (including phenoxy) is 1. The van der Waals surface area contributed by atoms with Crippen LogP contribution in [0.2, 0.25) is 0 Å². The number of hydrogen-bond acceptors (Lipinski definition) is 5. The highest BCUT2D eigenvalue weighted by atomic mass is 16.5. The van der Waals surface area contributed by atoms with Gasteiger partial charge in [0.05, 0.1) is 0 Å². The van der Waals surface area contributed by atoms with Crippen molar-refractivity contribution in [2.45, 2.75) is 6.92 Å². The highest BCUT2D eigenvalue weighted by Gasteiger charge is 2.21. The normalized spacial score (nSPS) is 12.4. The van der Waals surface area contributed by atoms with Gasteiger partial charge >= 0.3 is 5.97 Å². The molecule has 0 radical (unpaired) electrons. The average molecular weight is 365 g/mol. The molecule has 0 unspecified atom stereocenters. The van der Waals surface area contributed by atoms with Crippen LogP contribution in [0.4, 0.5) is 0 Å². The van der Waals surface area contributed by atoms with Crippen LogP contribution in [0.1, 0.15) is 22.8 Å². The summed E-state index contributed by atoms with van der Waals surface area (Å²) in [6.07, 6.45) is 3.07. The molecule has 0 spiro atoms. The molecule has 0 N–H and O–H groups in total. The third kappa shape index (κ3) is 5.21. The molecular weight excluding hydrogens is 342 g/mol. The van der Waals surface area contributed by atoms with E-state index >= 15 is 0 Å². The van der Waals surface area contributed by atoms with Crippen molar-refractivity contribution in [2.75, 3.05) is 27.2 Å². The van der Waals surface area contributed by atoms with Crippen LogP contribution < -0.4 is 0 Å². The first-order valence-electron chi connectivity index (χ1n) is 8.57. The Balaban J connectivity index is 0.000000211. The number of Topliss-reactive ketones (excluding diaryl/α,β-unsaturated/α-hetero) is 1. The fraction of sp³-hybridized carbons (Fsp3) is 0.227. The molecule has 5 nitrogen and oxygen atoms in total. The lowest BCUT2D eigenvalue weighted by Gasteiger charge is -2.11. The Hall–Kier alpha value is -3.05. The second-order valence-electron chi connectivity index (χ2n) is 6.49. The smallest absolute Gasteiger partial charge is 0.333 e. The Morgan fingerprint density at radius 3 is 2.44 bits per heavy atom. The minimum absolute atomic E-state index is 0.313. The van der Waals surface area contributed by atoms with Gasteiger partial charge in [0, 0.05) is 17.7 Å². The summed E-state index contributed by atoms with van der Waals surface area (Å²) in [7, 11) is 3.85. The van der Waals surface area contributed by atoms with E-state index in [0.717, 1.165) is 22.9 Å². The summed E-state index contributed by atoms with van der Waals surface area (Å²) in [5.74, 6) is -1.17. The summed E-state index contributed by atoms with van der Waals surface area (Å²) < 4.78 is 4.83. The maximum absolute atomic E-state index is 11.7. The van der Waals surface area contributed by atoms with E-state index in [9.17, 15) is 14.4 Å². The fourth-order valence-corrected chi connectivity index (χ4v) is 2.48. The average Bonchev–Trinajstić information content (AvgIpc) is 2.64. The van der Waals surface area contributed by atoms with Crippen molar-refractivity contribution in [2.24, 2.45) is 0 Å². The molecule has 0 bridgehead atoms. The van der Waals surface area contributed by atoms with Crippen molar-refractivity contribution in [3.8, 4) is 0 Å². The summed E-state index contributed by atoms with van der Waals surface area (Å²) in [4.78, 5) is 35.7. The molecule has 2 aromatic rings. The molecule has 0 saturated carbocycles. The molecule has 5 heteroatoms. The van der Waals surface area contributed by atoms with E-state index in [1.165, 1.54) is 6.08 Å². The van der Waals surface area contributed by atoms with Crippen molar-refractivity contribution in [1.82, 2.24) is 4.90 Å². The lowest BCUT2D eigenvalue weighted by molar-refractivity contribution is -0.139. The zero-order valence-corrected chi connectivity index (χ0v) is 15.8. The van der Waals surface area contributed by atoms with Gasteiger partial charge in [-0.2, -0.15) is 0 Å². The molecule has 27 heavy (non-hydrogen) atoms. The van der Waals surface area contributed by atoms with Crippen molar-refractivity contribution in [3.63, 3.8) is 0 Å². The molecule has 3 rings (SSSR count). The number of nitrogens with zero attached hydrogens (tertiary/aromatic N) is 1. The van der Waals surface area contributed by atoms with Crippen molar-refractivity contribution in [3.05, 3.63) is 65.8 Å². The summed E-state index contributed by atoms with van der Waals surface area (Å²) in [6, 6.07) is 11.4. The number of carbonyl (C=O) groups excluding carboxylic acids is 3. The van der Waals surface area contributed by atoms with Crippen LogP contribution in [0.3, 0.4) is 0 Å². The van der Waals surface area contributed by atoms with Crippen LogP contribution in [0.25, 0.3) is 16.8 Å². The third-order valence-corrected chi connectivity index (χ3v) is 3.96. The first-order valence-corrected chi connectivity index (χ1v) is 8.57. The lowest BCUT2D eigenvalue weighted by Crippen LogP contribution is -2.20. The quantitative estimate of drug-likeness (QED) is 0.473. The van der Waals surface area contributed by atoms with Gasteiger partial charge in [0.25, 0.3) is 0 Å². The Labute approximate surface area is 158 Å². The summed E-state index contributed by atoms with van der Waals surface area (Å²) in [5, 5.41) is 2.09. The van der Waals surface area contributed by atoms with Gasteiger partial charge < -0.3 is 9.64 Å². The summed E-state index contributed by atoms with van der Waals surface area (Å²) >= 11 is 0. The van der Waals surface area contributed by atoms with E-state index in [4.69, 9.17) is 4.74 Å². The lowest BCUT2D eigenvalue weighted by atomic mass is 9.91. The van der Waals surface area contributed by atoms with Gasteiger partial charge in [0.15, 0.2) is 0 Å². The summed E-state index contributed by atoms with van der Waals surface area (Å²) in [6.45, 7) is 6.28. The van der Waals surface area contributed by atoms with E-state index in [-0.39, 0.29) is 5.97 Å². The minimum atomic E-state index is -0.442. The van der Waals surface area contributed by atoms with Gasteiger partial charge in [-0.1, -0.05) is 36.9 Å². The fourth-order valence-electron chi connectivity index (χ4n) is 2.48. The van der Waals surface area contributed by atoms with Gasteiger partial charge in [-0.25, -0.2) is 4.79 Å². The zero-order valence-electron chi connectivity index (χ0n) is 15.8. The molecule has 0 atom stereocenters. The second-order valence-corrected chi connectivity index (χ2v) is 6.49. The van der Waals surface area contributed by atoms with Gasteiger partial charge in [-0.05, 0) is 55.6 Å². The maximum Gasteiger partial charge on any atom is 0.333 e. The van der Waals surface area contributed by atoms with E-state index in [0.29, 0.717) is 17.7 Å². The van der Waals surface area contributed by atoms with Crippen LogP contribution in [0, 0.1) is 0 Å². The molecular formula is C22H23NO4. The van der Waals surface area contributed by atoms with Crippen molar-refractivity contribution < 1.29 is 19.1 Å². The number of likely N-dealkylation sites (N-methyl/N-ethyl adjacent to an activating group) is 1. The predicted octanol–water partition coefficient (Wildman–Crippen LogP) is 3.29. The first kappa shape index (κ1) is 20.3. The van der Waals surface area contributed by atoms with Gasteiger partial charge in [0.1, 0.15) is 6.61 Å². The number of rotatable bonds is 4. The predicted molar refractivity (Wildman–Crippen MR) is 107 cm³/mol. The second kappa shape index (κ2) is 9.05. The largest absolute Gasteiger partial charge is 0.461 e. The maximum atomic E-state index is 11.7. The number of benzene rings is 2. The number of fused-ring (bicyclic) bond motifs is 3. The standard InChI is InChI=1S/C14H8O2.C8H15NO2/c15-13-8-7-11-10-4-2-1-3-9(10)5-6-12(11)14(13)16;1-7(2)8(10)11-6-5-9(3)4/h1-8H;1,5-6H2,2-4H3. The minimum Gasteiger partial charge on any atom is -0.461 e. The highest BCUT2D eigenvalue weighted by molar-refractivity contribution is 6.50. The zero-order chi connectivity index (χ0) is 20.0. The highest BCUT2D eigenvalue weighted by Crippen LogP contribution is 2.26. The van der Waals surface area contributed by atoms with E-state index in [2.05, 4.69) is 6.58 Å². The number of esters is 1. The van der Waals surface area contributed by atoms with Crippen LogP contribution >= 0.6 is 0 Å². The van der Waals surface area contributed by atoms with E-state index in [1.807, 2.05) is 49.3 Å².